The Balaban J connectivity index is 2.23. The van der Waals surface area contributed by atoms with Crippen molar-refractivity contribution in [2.75, 3.05) is 20.3 Å². The minimum absolute atomic E-state index is 0.240. The summed E-state index contributed by atoms with van der Waals surface area (Å²) in [7, 11) is 1.41. The molecule has 16 heavy (non-hydrogen) atoms. The number of carbonyl (C=O) groups excluding carboxylic acids is 1. The number of hydrogen-bond acceptors (Lipinski definition) is 5. The van der Waals surface area contributed by atoms with Crippen LogP contribution >= 0.6 is 11.3 Å². The fourth-order valence-corrected chi connectivity index (χ4v) is 2.74. The van der Waals surface area contributed by atoms with E-state index in [0.29, 0.717) is 13.2 Å². The summed E-state index contributed by atoms with van der Waals surface area (Å²) in [4.78, 5) is 16.2. The first-order valence-electron chi connectivity index (χ1n) is 5.34. The van der Waals surface area contributed by atoms with Crippen molar-refractivity contribution in [1.82, 2.24) is 4.98 Å². The molecule has 1 saturated heterocycles. The number of carbonyl (C=O) groups is 1. The van der Waals surface area contributed by atoms with Crippen LogP contribution in [0.25, 0.3) is 0 Å². The number of aryl methyl sites for hydroxylation is 1. The molecule has 0 amide bonds. The molecule has 0 bridgehead atoms. The van der Waals surface area contributed by atoms with Gasteiger partial charge in [-0.05, 0) is 6.42 Å². The van der Waals surface area contributed by atoms with E-state index in [1.54, 1.807) is 0 Å². The van der Waals surface area contributed by atoms with Crippen LogP contribution in [0.1, 0.15) is 24.0 Å². The van der Waals surface area contributed by atoms with E-state index in [1.807, 2.05) is 5.38 Å². The Hall–Kier alpha value is -0.940. The van der Waals surface area contributed by atoms with Gasteiger partial charge in [-0.15, -0.1) is 11.3 Å². The SMILES string of the molecule is CCCc1csc(C2(C(=O)OC)COC2)n1. The predicted octanol–water partition coefficient (Wildman–Crippen LogP) is 1.54. The van der Waals surface area contributed by atoms with Gasteiger partial charge in [-0.25, -0.2) is 4.98 Å². The normalized spacial score (nSPS) is 17.9. The molecule has 1 aromatic rings. The highest BCUT2D eigenvalue weighted by atomic mass is 32.1. The van der Waals surface area contributed by atoms with Crippen LogP contribution in [0, 0.1) is 0 Å². The van der Waals surface area contributed by atoms with Crippen LogP contribution in [0.2, 0.25) is 0 Å². The zero-order valence-electron chi connectivity index (χ0n) is 9.49. The summed E-state index contributed by atoms with van der Waals surface area (Å²) in [5.74, 6) is -0.240. The van der Waals surface area contributed by atoms with Crippen molar-refractivity contribution < 1.29 is 14.3 Å². The topological polar surface area (TPSA) is 48.4 Å². The quantitative estimate of drug-likeness (QED) is 0.750. The van der Waals surface area contributed by atoms with Crippen LogP contribution in [0.4, 0.5) is 0 Å². The van der Waals surface area contributed by atoms with E-state index in [1.165, 1.54) is 18.4 Å². The molecule has 1 aliphatic heterocycles. The van der Waals surface area contributed by atoms with Gasteiger partial charge in [-0.2, -0.15) is 0 Å². The summed E-state index contributed by atoms with van der Waals surface area (Å²) in [5, 5.41) is 2.84. The maximum Gasteiger partial charge on any atom is 0.323 e. The lowest BCUT2D eigenvalue weighted by atomic mass is 9.87. The molecule has 2 heterocycles. The van der Waals surface area contributed by atoms with E-state index >= 15 is 0 Å². The lowest BCUT2D eigenvalue weighted by Gasteiger charge is -2.36. The maximum atomic E-state index is 11.7. The van der Waals surface area contributed by atoms with Crippen molar-refractivity contribution in [3.63, 3.8) is 0 Å². The van der Waals surface area contributed by atoms with Crippen molar-refractivity contribution in [3.8, 4) is 0 Å². The lowest BCUT2D eigenvalue weighted by Crippen LogP contribution is -2.53. The van der Waals surface area contributed by atoms with Gasteiger partial charge in [0, 0.05) is 5.38 Å². The van der Waals surface area contributed by atoms with E-state index in [-0.39, 0.29) is 5.97 Å². The van der Waals surface area contributed by atoms with Gasteiger partial charge in [-0.1, -0.05) is 13.3 Å². The molecule has 0 N–H and O–H groups in total. The molecule has 88 valence electrons. The average Bonchev–Trinajstić information content (AvgIpc) is 2.65. The number of methoxy groups -OCH3 is 1. The standard InChI is InChI=1S/C11H15NO3S/c1-3-4-8-5-16-9(12-8)11(6-15-7-11)10(13)14-2/h5H,3-4,6-7H2,1-2H3. The first kappa shape index (κ1) is 11.5. The highest BCUT2D eigenvalue weighted by Crippen LogP contribution is 2.35. The number of rotatable bonds is 4. The zero-order chi connectivity index (χ0) is 11.6. The lowest BCUT2D eigenvalue weighted by molar-refractivity contribution is -0.166. The molecule has 4 nitrogen and oxygen atoms in total. The van der Waals surface area contributed by atoms with Gasteiger partial charge < -0.3 is 9.47 Å². The van der Waals surface area contributed by atoms with Crippen LogP contribution < -0.4 is 0 Å². The first-order valence-corrected chi connectivity index (χ1v) is 6.22. The van der Waals surface area contributed by atoms with E-state index in [9.17, 15) is 4.79 Å². The maximum absolute atomic E-state index is 11.7. The summed E-state index contributed by atoms with van der Waals surface area (Å²) < 4.78 is 9.98. The van der Waals surface area contributed by atoms with Crippen molar-refractivity contribution in [2.45, 2.75) is 25.2 Å². The Labute approximate surface area is 98.6 Å². The predicted molar refractivity (Wildman–Crippen MR) is 60.6 cm³/mol. The van der Waals surface area contributed by atoms with E-state index in [0.717, 1.165) is 23.5 Å². The third-order valence-corrected chi connectivity index (χ3v) is 3.84. The molecule has 1 aliphatic rings. The molecule has 1 aromatic heterocycles. The smallest absolute Gasteiger partial charge is 0.323 e. The van der Waals surface area contributed by atoms with Crippen molar-refractivity contribution in [1.29, 1.82) is 0 Å². The molecular formula is C11H15NO3S. The van der Waals surface area contributed by atoms with Gasteiger partial charge in [-0.3, -0.25) is 4.79 Å². The van der Waals surface area contributed by atoms with Gasteiger partial charge in [0.15, 0.2) is 5.41 Å². The highest BCUT2D eigenvalue weighted by Gasteiger charge is 2.51. The molecule has 2 rings (SSSR count). The summed E-state index contributed by atoms with van der Waals surface area (Å²) in [6.07, 6.45) is 2.01. The molecular weight excluding hydrogens is 226 g/mol. The van der Waals surface area contributed by atoms with E-state index < -0.39 is 5.41 Å². The Morgan fingerprint density at radius 1 is 1.69 bits per heavy atom. The number of thiazole rings is 1. The minimum Gasteiger partial charge on any atom is -0.468 e. The van der Waals surface area contributed by atoms with Crippen molar-refractivity contribution in [3.05, 3.63) is 16.1 Å². The van der Waals surface area contributed by atoms with Crippen molar-refractivity contribution in [2.24, 2.45) is 0 Å². The molecule has 5 heteroatoms. The first-order chi connectivity index (χ1) is 7.73. The van der Waals surface area contributed by atoms with E-state index in [4.69, 9.17) is 9.47 Å². The Kier molecular flexibility index (Phi) is 3.25. The molecule has 0 atom stereocenters. The van der Waals surface area contributed by atoms with Crippen LogP contribution in [0.15, 0.2) is 5.38 Å². The molecule has 0 radical (unpaired) electrons. The summed E-state index contributed by atoms with van der Waals surface area (Å²) in [6, 6.07) is 0. The number of esters is 1. The minimum atomic E-state index is -0.634. The van der Waals surface area contributed by atoms with Crippen LogP contribution in [-0.4, -0.2) is 31.3 Å². The third kappa shape index (κ3) is 1.74. The van der Waals surface area contributed by atoms with Gasteiger partial charge in [0.05, 0.1) is 26.0 Å². The molecule has 0 unspecified atom stereocenters. The molecule has 0 aliphatic carbocycles. The molecule has 0 aromatic carbocycles. The largest absolute Gasteiger partial charge is 0.468 e. The fraction of sp³-hybridized carbons (Fsp3) is 0.636. The monoisotopic (exact) mass is 241 g/mol. The summed E-state index contributed by atoms with van der Waals surface area (Å²) in [5.41, 5.74) is 0.420. The number of ether oxygens (including phenoxy) is 2. The fourth-order valence-electron chi connectivity index (χ4n) is 1.73. The van der Waals surface area contributed by atoms with Crippen LogP contribution in [0.3, 0.4) is 0 Å². The van der Waals surface area contributed by atoms with E-state index in [2.05, 4.69) is 11.9 Å². The summed E-state index contributed by atoms with van der Waals surface area (Å²) in [6.45, 7) is 2.89. The average molecular weight is 241 g/mol. The summed E-state index contributed by atoms with van der Waals surface area (Å²) >= 11 is 1.52. The van der Waals surface area contributed by atoms with Crippen LogP contribution in [-0.2, 0) is 26.1 Å². The second-order valence-electron chi connectivity index (χ2n) is 3.96. The van der Waals surface area contributed by atoms with Gasteiger partial charge >= 0.3 is 5.97 Å². The molecule has 0 spiro atoms. The number of nitrogens with zero attached hydrogens (tertiary/aromatic N) is 1. The van der Waals surface area contributed by atoms with Gasteiger partial charge in [0.25, 0.3) is 0 Å². The highest BCUT2D eigenvalue weighted by molar-refractivity contribution is 7.10. The zero-order valence-corrected chi connectivity index (χ0v) is 10.3. The number of aromatic nitrogens is 1. The Morgan fingerprint density at radius 2 is 2.44 bits per heavy atom. The Bertz CT molecular complexity index is 384. The third-order valence-electron chi connectivity index (χ3n) is 2.74. The molecule has 1 fully saturated rings. The van der Waals surface area contributed by atoms with Gasteiger partial charge in [0.2, 0.25) is 0 Å². The number of hydrogen-bond donors (Lipinski definition) is 0. The van der Waals surface area contributed by atoms with Gasteiger partial charge in [0.1, 0.15) is 5.01 Å². The van der Waals surface area contributed by atoms with Crippen LogP contribution in [0.5, 0.6) is 0 Å². The van der Waals surface area contributed by atoms with Crippen molar-refractivity contribution >= 4 is 17.3 Å². The molecule has 0 saturated carbocycles. The second-order valence-corrected chi connectivity index (χ2v) is 4.82. The second kappa shape index (κ2) is 4.51. The Morgan fingerprint density at radius 3 is 2.94 bits per heavy atom.